The van der Waals surface area contributed by atoms with Crippen molar-refractivity contribution in [2.75, 3.05) is 11.6 Å². The molecular formula is C14H19N5O2S. The summed E-state index contributed by atoms with van der Waals surface area (Å²) in [5.41, 5.74) is 7.20. The Morgan fingerprint density at radius 2 is 2.00 bits per heavy atom. The number of benzene rings is 1. The van der Waals surface area contributed by atoms with E-state index in [9.17, 15) is 4.79 Å². The summed E-state index contributed by atoms with van der Waals surface area (Å²) in [6, 6.07) is 5.96. The van der Waals surface area contributed by atoms with Crippen molar-refractivity contribution in [2.45, 2.75) is 32.0 Å². The van der Waals surface area contributed by atoms with Crippen LogP contribution in [0.1, 0.15) is 23.4 Å². The number of nitrogens with zero attached hydrogens (tertiary/aromatic N) is 3. The molecule has 22 heavy (non-hydrogen) atoms. The van der Waals surface area contributed by atoms with E-state index in [1.165, 1.54) is 16.4 Å². The minimum absolute atomic E-state index is 0.228. The average Bonchev–Trinajstić information content (AvgIpc) is 2.79. The molecule has 118 valence electrons. The molecular weight excluding hydrogens is 302 g/mol. The Balaban J connectivity index is 1.99. The van der Waals surface area contributed by atoms with Gasteiger partial charge in [-0.2, -0.15) is 0 Å². The molecule has 2 rings (SSSR count). The summed E-state index contributed by atoms with van der Waals surface area (Å²) in [5.74, 6) is 7.44. The number of rotatable bonds is 7. The lowest BCUT2D eigenvalue weighted by Gasteiger charge is -2.11. The Morgan fingerprint density at radius 3 is 2.64 bits per heavy atom. The Morgan fingerprint density at radius 1 is 1.32 bits per heavy atom. The molecule has 4 N–H and O–H groups in total. The van der Waals surface area contributed by atoms with Gasteiger partial charge in [-0.1, -0.05) is 30.0 Å². The van der Waals surface area contributed by atoms with Crippen molar-refractivity contribution in [3.63, 3.8) is 0 Å². The molecule has 7 nitrogen and oxygen atoms in total. The lowest BCUT2D eigenvalue weighted by Crippen LogP contribution is -2.16. The number of primary amides is 1. The van der Waals surface area contributed by atoms with Gasteiger partial charge >= 0.3 is 0 Å². The molecule has 0 unspecified atom stereocenters. The summed E-state index contributed by atoms with van der Waals surface area (Å²) in [4.78, 5) is 10.7. The third kappa shape index (κ3) is 3.91. The smallest absolute Gasteiger partial charge is 0.218 e. The Hall–Kier alpha value is -2.22. The molecule has 1 aromatic heterocycles. The first-order valence-electron chi connectivity index (χ1n) is 6.78. The molecule has 0 radical (unpaired) electrons. The van der Waals surface area contributed by atoms with E-state index in [1.54, 1.807) is 0 Å². The first-order chi connectivity index (χ1) is 10.5. The van der Waals surface area contributed by atoms with Crippen molar-refractivity contribution < 1.29 is 9.53 Å². The Labute approximate surface area is 133 Å². The monoisotopic (exact) mass is 321 g/mol. The van der Waals surface area contributed by atoms with Gasteiger partial charge in [0.2, 0.25) is 11.1 Å². The highest BCUT2D eigenvalue weighted by Crippen LogP contribution is 2.23. The van der Waals surface area contributed by atoms with Gasteiger partial charge in [0.1, 0.15) is 12.4 Å². The largest absolute Gasteiger partial charge is 0.485 e. The van der Waals surface area contributed by atoms with Crippen LogP contribution in [-0.4, -0.2) is 26.5 Å². The number of para-hydroxylation sites is 1. The van der Waals surface area contributed by atoms with Gasteiger partial charge in [-0.3, -0.25) is 4.79 Å². The van der Waals surface area contributed by atoms with E-state index in [2.05, 4.69) is 10.2 Å². The van der Waals surface area contributed by atoms with Gasteiger partial charge in [-0.15, -0.1) is 10.2 Å². The SMILES string of the molecule is Cc1cccc(C)c1OCc1nnc(SCCC(N)=O)n1N. The zero-order valence-corrected chi connectivity index (χ0v) is 13.4. The Bertz CT molecular complexity index is 651. The van der Waals surface area contributed by atoms with Crippen LogP contribution in [0.4, 0.5) is 0 Å². The lowest BCUT2D eigenvalue weighted by atomic mass is 10.1. The fourth-order valence-corrected chi connectivity index (χ4v) is 2.74. The van der Waals surface area contributed by atoms with Crippen molar-refractivity contribution in [3.8, 4) is 5.75 Å². The second-order valence-corrected chi connectivity index (χ2v) is 5.91. The molecule has 0 aliphatic carbocycles. The third-order valence-electron chi connectivity index (χ3n) is 3.07. The normalized spacial score (nSPS) is 10.6. The first kappa shape index (κ1) is 16.2. The van der Waals surface area contributed by atoms with E-state index in [0.29, 0.717) is 16.7 Å². The van der Waals surface area contributed by atoms with Gasteiger partial charge in [0, 0.05) is 12.2 Å². The summed E-state index contributed by atoms with van der Waals surface area (Å²) in [6.07, 6.45) is 0.270. The number of nitrogen functional groups attached to an aromatic ring is 1. The molecule has 2 aromatic rings. The molecule has 0 bridgehead atoms. The van der Waals surface area contributed by atoms with Crippen molar-refractivity contribution in [1.29, 1.82) is 0 Å². The van der Waals surface area contributed by atoms with E-state index in [1.807, 2.05) is 32.0 Å². The number of carbonyl (C=O) groups is 1. The summed E-state index contributed by atoms with van der Waals surface area (Å²) >= 11 is 1.33. The van der Waals surface area contributed by atoms with Gasteiger partial charge < -0.3 is 16.3 Å². The van der Waals surface area contributed by atoms with Crippen molar-refractivity contribution in [3.05, 3.63) is 35.2 Å². The summed E-state index contributed by atoms with van der Waals surface area (Å²) < 4.78 is 7.18. The number of aryl methyl sites for hydroxylation is 2. The molecule has 0 aliphatic heterocycles. The highest BCUT2D eigenvalue weighted by atomic mass is 32.2. The second kappa shape index (κ2) is 7.17. The predicted molar refractivity (Wildman–Crippen MR) is 85.0 cm³/mol. The molecule has 0 spiro atoms. The fraction of sp³-hybridized carbons (Fsp3) is 0.357. The first-order valence-corrected chi connectivity index (χ1v) is 7.77. The highest BCUT2D eigenvalue weighted by Gasteiger charge is 2.12. The van der Waals surface area contributed by atoms with Crippen LogP contribution in [-0.2, 0) is 11.4 Å². The number of amides is 1. The van der Waals surface area contributed by atoms with Crippen LogP contribution in [0.15, 0.2) is 23.4 Å². The van der Waals surface area contributed by atoms with Crippen LogP contribution < -0.4 is 16.3 Å². The summed E-state index contributed by atoms with van der Waals surface area (Å²) in [6.45, 7) is 4.20. The zero-order chi connectivity index (χ0) is 16.1. The number of hydrogen-bond donors (Lipinski definition) is 2. The molecule has 0 aliphatic rings. The average molecular weight is 321 g/mol. The highest BCUT2D eigenvalue weighted by molar-refractivity contribution is 7.99. The second-order valence-electron chi connectivity index (χ2n) is 4.84. The van der Waals surface area contributed by atoms with Crippen molar-refractivity contribution >= 4 is 17.7 Å². The number of hydrogen-bond acceptors (Lipinski definition) is 6. The molecule has 0 saturated heterocycles. The zero-order valence-electron chi connectivity index (χ0n) is 12.6. The molecule has 1 amide bonds. The van der Waals surface area contributed by atoms with E-state index >= 15 is 0 Å². The van der Waals surface area contributed by atoms with Gasteiger partial charge in [0.15, 0.2) is 5.82 Å². The fourth-order valence-electron chi connectivity index (χ4n) is 1.91. The van der Waals surface area contributed by atoms with Gasteiger partial charge in [0.05, 0.1) is 0 Å². The number of ether oxygens (including phenoxy) is 1. The lowest BCUT2D eigenvalue weighted by molar-refractivity contribution is -0.117. The van der Waals surface area contributed by atoms with Crippen molar-refractivity contribution in [1.82, 2.24) is 14.9 Å². The van der Waals surface area contributed by atoms with Crippen LogP contribution in [0.3, 0.4) is 0 Å². The number of nitrogens with two attached hydrogens (primary N) is 2. The maximum atomic E-state index is 10.7. The summed E-state index contributed by atoms with van der Waals surface area (Å²) in [7, 11) is 0. The molecule has 1 heterocycles. The van der Waals surface area contributed by atoms with Crippen LogP contribution in [0.25, 0.3) is 0 Å². The molecule has 0 saturated carbocycles. The van der Waals surface area contributed by atoms with E-state index < -0.39 is 0 Å². The van der Waals surface area contributed by atoms with Crippen LogP contribution in [0.2, 0.25) is 0 Å². The molecule has 8 heteroatoms. The van der Waals surface area contributed by atoms with E-state index in [0.717, 1.165) is 16.9 Å². The number of carbonyl (C=O) groups excluding carboxylic acids is 1. The summed E-state index contributed by atoms with van der Waals surface area (Å²) in [5, 5.41) is 8.53. The minimum Gasteiger partial charge on any atom is -0.485 e. The van der Waals surface area contributed by atoms with E-state index in [-0.39, 0.29) is 18.9 Å². The van der Waals surface area contributed by atoms with E-state index in [4.69, 9.17) is 16.3 Å². The minimum atomic E-state index is -0.353. The topological polar surface area (TPSA) is 109 Å². The van der Waals surface area contributed by atoms with Gasteiger partial charge in [-0.25, -0.2) is 4.68 Å². The van der Waals surface area contributed by atoms with Gasteiger partial charge in [0.25, 0.3) is 0 Å². The number of aromatic nitrogens is 3. The van der Waals surface area contributed by atoms with Gasteiger partial charge in [-0.05, 0) is 25.0 Å². The standard InChI is InChI=1S/C14H19N5O2S/c1-9-4-3-5-10(2)13(9)21-8-12-17-18-14(19(12)16)22-7-6-11(15)20/h3-5H,6-8,16H2,1-2H3,(H2,15,20). The quantitative estimate of drug-likeness (QED) is 0.585. The molecule has 1 aromatic carbocycles. The number of thioether (sulfide) groups is 1. The van der Waals surface area contributed by atoms with Crippen LogP contribution >= 0.6 is 11.8 Å². The maximum absolute atomic E-state index is 10.7. The molecule has 0 atom stereocenters. The predicted octanol–water partition coefficient (Wildman–Crippen LogP) is 1.16. The van der Waals surface area contributed by atoms with Crippen LogP contribution in [0.5, 0.6) is 5.75 Å². The maximum Gasteiger partial charge on any atom is 0.218 e. The van der Waals surface area contributed by atoms with Crippen molar-refractivity contribution in [2.24, 2.45) is 5.73 Å². The van der Waals surface area contributed by atoms with Crippen LogP contribution in [0, 0.1) is 13.8 Å². The Kier molecular flexibility index (Phi) is 5.26. The third-order valence-corrected chi connectivity index (χ3v) is 4.01. The molecule has 0 fully saturated rings.